The van der Waals surface area contributed by atoms with Gasteiger partial charge in [-0.25, -0.2) is 37.1 Å². The third-order valence-electron chi connectivity index (χ3n) is 6.94. The Bertz CT molecular complexity index is 1910. The summed E-state index contributed by atoms with van der Waals surface area (Å²) in [7, 11) is -4.55. The van der Waals surface area contributed by atoms with E-state index < -0.39 is 26.6 Å². The van der Waals surface area contributed by atoms with Crippen LogP contribution in [-0.2, 0) is 14.8 Å². The van der Waals surface area contributed by atoms with Crippen molar-refractivity contribution in [2.75, 3.05) is 41.2 Å². The quantitative estimate of drug-likeness (QED) is 0.186. The molecule has 10 nitrogen and oxygen atoms in total. The van der Waals surface area contributed by atoms with E-state index in [4.69, 9.17) is 14.7 Å². The summed E-state index contributed by atoms with van der Waals surface area (Å²) in [5, 5.41) is 4.07. The summed E-state index contributed by atoms with van der Waals surface area (Å²) < 4.78 is 62.1. The van der Waals surface area contributed by atoms with E-state index in [2.05, 4.69) is 24.9 Å². The van der Waals surface area contributed by atoms with Gasteiger partial charge in [-0.15, -0.1) is 11.3 Å². The molecule has 2 N–H and O–H groups in total. The molecule has 0 unspecified atom stereocenters. The number of hydrogen-bond acceptors (Lipinski definition) is 10. The van der Waals surface area contributed by atoms with E-state index in [1.165, 1.54) is 17.4 Å². The lowest BCUT2D eigenvalue weighted by atomic mass is 10.1. The minimum absolute atomic E-state index is 0.115. The molecule has 6 rings (SSSR count). The number of morpholine rings is 1. The number of nitrogens with zero attached hydrogens (tertiary/aromatic N) is 5. The van der Waals surface area contributed by atoms with Gasteiger partial charge < -0.3 is 15.0 Å². The lowest BCUT2D eigenvalue weighted by molar-refractivity contribution is 0.122. The average molecular weight is 650 g/mol. The van der Waals surface area contributed by atoms with E-state index in [0.29, 0.717) is 36.1 Å². The molecule has 4 heterocycles. The van der Waals surface area contributed by atoms with Gasteiger partial charge in [0.2, 0.25) is 5.95 Å². The summed E-state index contributed by atoms with van der Waals surface area (Å²) in [5.41, 5.74) is 2.65. The number of anilines is 4. The first kappa shape index (κ1) is 30.5. The maximum atomic E-state index is 14.3. The van der Waals surface area contributed by atoms with Crippen LogP contribution in [0.15, 0.2) is 78.0 Å². The standard InChI is InChI=1S/C31H29F2N7O3S2/c1-19(2)30-38-27(20-5-3-6-21(17-20)39-45(41,42)29-23(32)7-4-8-24(29)33)28(44-30)25-11-12-34-31(37-25)36-22-9-10-26(35-18-22)40-13-15-43-16-14-40/h3-12,17-19,39H,13-16H2,1-2H3,(H,34,36,37). The molecule has 0 amide bonds. The number of hydrogen-bond donors (Lipinski definition) is 2. The number of halogens is 2. The third-order valence-corrected chi connectivity index (χ3v) is 9.75. The van der Waals surface area contributed by atoms with E-state index in [-0.39, 0.29) is 11.6 Å². The normalized spacial score (nSPS) is 13.7. The molecule has 232 valence electrons. The molecule has 0 saturated carbocycles. The SMILES string of the molecule is CC(C)c1nc(-c2cccc(NS(=O)(=O)c3c(F)cccc3F)c2)c(-c2ccnc(Nc3ccc(N4CCOCC4)nc3)n2)s1. The largest absolute Gasteiger partial charge is 0.378 e. The van der Waals surface area contributed by atoms with Crippen LogP contribution in [0.25, 0.3) is 21.8 Å². The summed E-state index contributed by atoms with van der Waals surface area (Å²) >= 11 is 1.47. The van der Waals surface area contributed by atoms with Gasteiger partial charge in [0.05, 0.1) is 46.4 Å². The van der Waals surface area contributed by atoms with E-state index in [1.807, 2.05) is 26.0 Å². The smallest absolute Gasteiger partial charge is 0.267 e. The fourth-order valence-electron chi connectivity index (χ4n) is 4.74. The Kier molecular flexibility index (Phi) is 8.70. The van der Waals surface area contributed by atoms with E-state index in [1.54, 1.807) is 36.7 Å². The molecule has 1 aliphatic rings. The highest BCUT2D eigenvalue weighted by Crippen LogP contribution is 2.39. The van der Waals surface area contributed by atoms with E-state index >= 15 is 0 Å². The second-order valence-electron chi connectivity index (χ2n) is 10.5. The zero-order valence-corrected chi connectivity index (χ0v) is 26.0. The number of nitrogens with one attached hydrogen (secondary N) is 2. The third kappa shape index (κ3) is 6.77. The predicted molar refractivity (Wildman–Crippen MR) is 170 cm³/mol. The van der Waals surface area contributed by atoms with Gasteiger partial charge in [0, 0.05) is 36.5 Å². The van der Waals surface area contributed by atoms with Gasteiger partial charge in [-0.2, -0.15) is 0 Å². The van der Waals surface area contributed by atoms with Crippen LogP contribution in [0.3, 0.4) is 0 Å². The van der Waals surface area contributed by atoms with Crippen molar-refractivity contribution in [2.24, 2.45) is 0 Å². The highest BCUT2D eigenvalue weighted by atomic mass is 32.2. The van der Waals surface area contributed by atoms with Crippen LogP contribution in [0.4, 0.5) is 31.9 Å². The lowest BCUT2D eigenvalue weighted by Crippen LogP contribution is -2.36. The van der Waals surface area contributed by atoms with Crippen molar-refractivity contribution in [1.29, 1.82) is 0 Å². The van der Waals surface area contributed by atoms with Crippen LogP contribution in [0.2, 0.25) is 0 Å². The first-order valence-electron chi connectivity index (χ1n) is 14.1. The van der Waals surface area contributed by atoms with Crippen LogP contribution >= 0.6 is 11.3 Å². The van der Waals surface area contributed by atoms with Gasteiger partial charge in [0.25, 0.3) is 10.0 Å². The van der Waals surface area contributed by atoms with Crippen LogP contribution in [-0.4, -0.2) is 54.7 Å². The number of thiazole rings is 1. The zero-order chi connectivity index (χ0) is 31.6. The van der Waals surface area contributed by atoms with Gasteiger partial charge >= 0.3 is 0 Å². The Hall–Kier alpha value is -4.53. The predicted octanol–water partition coefficient (Wildman–Crippen LogP) is 6.44. The molecular formula is C31H29F2N7O3S2. The van der Waals surface area contributed by atoms with Gasteiger partial charge in [-0.1, -0.05) is 32.0 Å². The van der Waals surface area contributed by atoms with Crippen LogP contribution < -0.4 is 14.9 Å². The van der Waals surface area contributed by atoms with Crippen molar-refractivity contribution >= 4 is 44.5 Å². The van der Waals surface area contributed by atoms with Crippen molar-refractivity contribution in [1.82, 2.24) is 19.9 Å². The Morgan fingerprint density at radius 1 is 0.933 bits per heavy atom. The van der Waals surface area contributed by atoms with Crippen molar-refractivity contribution in [3.05, 3.63) is 89.7 Å². The summed E-state index contributed by atoms with van der Waals surface area (Å²) in [6.45, 7) is 6.99. The highest BCUT2D eigenvalue weighted by Gasteiger charge is 2.25. The number of pyridine rings is 1. The summed E-state index contributed by atoms with van der Waals surface area (Å²) in [4.78, 5) is 20.4. The number of aromatic nitrogens is 4. The lowest BCUT2D eigenvalue weighted by Gasteiger charge is -2.27. The average Bonchev–Trinajstić information content (AvgIpc) is 3.48. The second-order valence-corrected chi connectivity index (χ2v) is 13.2. The summed E-state index contributed by atoms with van der Waals surface area (Å²) in [6.07, 6.45) is 3.38. The molecule has 45 heavy (non-hydrogen) atoms. The molecule has 14 heteroatoms. The second kappa shape index (κ2) is 12.8. The first-order valence-corrected chi connectivity index (χ1v) is 16.4. The first-order chi connectivity index (χ1) is 21.7. The van der Waals surface area contributed by atoms with Gasteiger partial charge in [0.15, 0.2) is 4.90 Å². The minimum Gasteiger partial charge on any atom is -0.378 e. The number of rotatable bonds is 9. The Morgan fingerprint density at radius 2 is 1.69 bits per heavy atom. The molecule has 0 atom stereocenters. The topological polar surface area (TPSA) is 122 Å². The van der Waals surface area contributed by atoms with Crippen LogP contribution in [0.5, 0.6) is 0 Å². The summed E-state index contributed by atoms with van der Waals surface area (Å²) in [5.74, 6) is -1.01. The van der Waals surface area contributed by atoms with Crippen LogP contribution in [0, 0.1) is 11.6 Å². The van der Waals surface area contributed by atoms with Gasteiger partial charge in [-0.3, -0.25) is 4.72 Å². The fraction of sp³-hybridized carbons (Fsp3) is 0.226. The van der Waals surface area contributed by atoms with Crippen molar-refractivity contribution in [3.8, 4) is 21.8 Å². The fourth-order valence-corrected chi connectivity index (χ4v) is 6.99. The van der Waals surface area contributed by atoms with Crippen molar-refractivity contribution in [2.45, 2.75) is 24.7 Å². The zero-order valence-electron chi connectivity index (χ0n) is 24.4. The maximum Gasteiger partial charge on any atom is 0.267 e. The molecule has 5 aromatic rings. The van der Waals surface area contributed by atoms with Crippen molar-refractivity contribution in [3.63, 3.8) is 0 Å². The number of sulfonamides is 1. The molecule has 1 saturated heterocycles. The Labute approximate surface area is 263 Å². The monoisotopic (exact) mass is 649 g/mol. The molecular weight excluding hydrogens is 621 g/mol. The van der Waals surface area contributed by atoms with Crippen molar-refractivity contribution < 1.29 is 21.9 Å². The molecule has 1 fully saturated rings. The molecule has 0 aliphatic carbocycles. The number of benzene rings is 2. The minimum atomic E-state index is -4.55. The number of ether oxygens (including phenoxy) is 1. The van der Waals surface area contributed by atoms with Gasteiger partial charge in [0.1, 0.15) is 17.5 Å². The Morgan fingerprint density at radius 3 is 2.40 bits per heavy atom. The Balaban J connectivity index is 1.29. The molecule has 0 spiro atoms. The van der Waals surface area contributed by atoms with E-state index in [9.17, 15) is 17.2 Å². The maximum absolute atomic E-state index is 14.3. The van der Waals surface area contributed by atoms with Gasteiger partial charge in [-0.05, 0) is 42.5 Å². The van der Waals surface area contributed by atoms with E-state index in [0.717, 1.165) is 52.7 Å². The molecule has 3 aromatic heterocycles. The van der Waals surface area contributed by atoms with Crippen LogP contribution in [0.1, 0.15) is 24.8 Å². The highest BCUT2D eigenvalue weighted by molar-refractivity contribution is 7.92. The molecule has 0 bridgehead atoms. The molecule has 2 aromatic carbocycles. The molecule has 0 radical (unpaired) electrons. The molecule has 1 aliphatic heterocycles. The summed E-state index contributed by atoms with van der Waals surface area (Å²) in [6, 6.07) is 15.0.